The first-order chi connectivity index (χ1) is 7.60. The summed E-state index contributed by atoms with van der Waals surface area (Å²) in [6.07, 6.45) is 0. The van der Waals surface area contributed by atoms with Gasteiger partial charge in [-0.25, -0.2) is 4.79 Å². The molecule has 0 radical (unpaired) electrons. The maximum atomic E-state index is 11.6. The van der Waals surface area contributed by atoms with Crippen LogP contribution in [0.5, 0.6) is 0 Å². The maximum Gasteiger partial charge on any atom is 0.327 e. The summed E-state index contributed by atoms with van der Waals surface area (Å²) in [6, 6.07) is 5.09. The summed E-state index contributed by atoms with van der Waals surface area (Å²) >= 11 is 6.02. The summed E-state index contributed by atoms with van der Waals surface area (Å²) in [4.78, 5) is 11.6. The maximum absolute atomic E-state index is 11.6. The first kappa shape index (κ1) is 13.0. The predicted molar refractivity (Wildman–Crippen MR) is 64.6 cm³/mol. The van der Waals surface area contributed by atoms with Crippen molar-refractivity contribution in [2.75, 3.05) is 13.7 Å². The van der Waals surface area contributed by atoms with Gasteiger partial charge in [0.25, 0.3) is 0 Å². The molecule has 0 spiro atoms. The van der Waals surface area contributed by atoms with Gasteiger partial charge in [0.2, 0.25) is 0 Å². The van der Waals surface area contributed by atoms with Crippen molar-refractivity contribution in [3.63, 3.8) is 0 Å². The summed E-state index contributed by atoms with van der Waals surface area (Å²) in [5, 5.41) is 3.57. The minimum atomic E-state index is -0.460. The van der Waals surface area contributed by atoms with Gasteiger partial charge in [-0.05, 0) is 38.1 Å². The number of hydrogen-bond acceptors (Lipinski definition) is 3. The molecule has 1 rings (SSSR count). The third-order valence-corrected chi connectivity index (χ3v) is 2.75. The SMILES string of the molecule is CCOC(=O)C(NC)c1ccc(C)c(Cl)c1. The van der Waals surface area contributed by atoms with Gasteiger partial charge in [0.15, 0.2) is 0 Å². The van der Waals surface area contributed by atoms with Gasteiger partial charge in [-0.3, -0.25) is 0 Å². The second-order valence-corrected chi connectivity index (χ2v) is 3.89. The van der Waals surface area contributed by atoms with E-state index in [-0.39, 0.29) is 5.97 Å². The third kappa shape index (κ3) is 2.97. The molecule has 0 fully saturated rings. The second-order valence-electron chi connectivity index (χ2n) is 3.48. The minimum absolute atomic E-state index is 0.287. The topological polar surface area (TPSA) is 38.3 Å². The van der Waals surface area contributed by atoms with E-state index in [1.54, 1.807) is 20.0 Å². The Hall–Kier alpha value is -1.06. The van der Waals surface area contributed by atoms with E-state index in [2.05, 4.69) is 5.32 Å². The molecule has 1 atom stereocenters. The van der Waals surface area contributed by atoms with E-state index >= 15 is 0 Å². The van der Waals surface area contributed by atoms with Crippen molar-refractivity contribution in [3.8, 4) is 0 Å². The molecule has 0 saturated heterocycles. The van der Waals surface area contributed by atoms with Crippen molar-refractivity contribution in [1.29, 1.82) is 0 Å². The Kier molecular flexibility index (Phi) is 4.77. The smallest absolute Gasteiger partial charge is 0.327 e. The van der Waals surface area contributed by atoms with Crippen molar-refractivity contribution in [2.45, 2.75) is 19.9 Å². The van der Waals surface area contributed by atoms with Crippen LogP contribution in [0.3, 0.4) is 0 Å². The molecule has 0 aromatic heterocycles. The third-order valence-electron chi connectivity index (χ3n) is 2.34. The number of ether oxygens (including phenoxy) is 1. The first-order valence-electron chi connectivity index (χ1n) is 5.20. The number of carbonyl (C=O) groups is 1. The van der Waals surface area contributed by atoms with Crippen LogP contribution in [-0.2, 0) is 9.53 Å². The molecule has 88 valence electrons. The first-order valence-corrected chi connectivity index (χ1v) is 5.58. The van der Waals surface area contributed by atoms with Gasteiger partial charge in [-0.1, -0.05) is 23.7 Å². The molecule has 0 amide bonds. The molecule has 1 aromatic rings. The van der Waals surface area contributed by atoms with Crippen LogP contribution in [0.1, 0.15) is 24.1 Å². The summed E-state index contributed by atoms with van der Waals surface area (Å²) < 4.78 is 4.97. The van der Waals surface area contributed by atoms with Crippen LogP contribution in [0.15, 0.2) is 18.2 Å². The molecule has 0 aliphatic heterocycles. The molecule has 0 heterocycles. The number of halogens is 1. The summed E-state index contributed by atoms with van der Waals surface area (Å²) in [7, 11) is 1.72. The van der Waals surface area contributed by atoms with Crippen LogP contribution < -0.4 is 5.32 Å². The highest BCUT2D eigenvalue weighted by atomic mass is 35.5. The summed E-state index contributed by atoms with van der Waals surface area (Å²) in [5.74, 6) is -0.287. The molecule has 0 aliphatic carbocycles. The molecule has 16 heavy (non-hydrogen) atoms. The van der Waals surface area contributed by atoms with Gasteiger partial charge in [-0.2, -0.15) is 0 Å². The molecule has 1 unspecified atom stereocenters. The minimum Gasteiger partial charge on any atom is -0.465 e. The Balaban J connectivity index is 2.95. The van der Waals surface area contributed by atoms with Crippen LogP contribution in [0.25, 0.3) is 0 Å². The van der Waals surface area contributed by atoms with Crippen LogP contribution in [-0.4, -0.2) is 19.6 Å². The van der Waals surface area contributed by atoms with E-state index in [0.29, 0.717) is 11.6 Å². The fourth-order valence-electron chi connectivity index (χ4n) is 1.43. The number of hydrogen-bond donors (Lipinski definition) is 1. The van der Waals surface area contributed by atoms with Gasteiger partial charge in [0.1, 0.15) is 6.04 Å². The Morgan fingerprint density at radius 3 is 2.75 bits per heavy atom. The zero-order chi connectivity index (χ0) is 12.1. The monoisotopic (exact) mass is 241 g/mol. The molecule has 0 saturated carbocycles. The van der Waals surface area contributed by atoms with E-state index in [4.69, 9.17) is 16.3 Å². The molecular weight excluding hydrogens is 226 g/mol. The number of aryl methyl sites for hydroxylation is 1. The molecule has 1 N–H and O–H groups in total. The molecular formula is C12H16ClNO2. The Morgan fingerprint density at radius 1 is 1.56 bits per heavy atom. The van der Waals surface area contributed by atoms with Gasteiger partial charge in [0.05, 0.1) is 6.61 Å². The fraction of sp³-hybridized carbons (Fsp3) is 0.417. The van der Waals surface area contributed by atoms with Gasteiger partial charge >= 0.3 is 5.97 Å². The summed E-state index contributed by atoms with van der Waals surface area (Å²) in [6.45, 7) is 4.08. The Morgan fingerprint density at radius 2 is 2.25 bits per heavy atom. The highest BCUT2D eigenvalue weighted by Crippen LogP contribution is 2.22. The zero-order valence-electron chi connectivity index (χ0n) is 9.71. The van der Waals surface area contributed by atoms with Crippen molar-refractivity contribution in [1.82, 2.24) is 5.32 Å². The molecule has 3 nitrogen and oxygen atoms in total. The van der Waals surface area contributed by atoms with Crippen LogP contribution >= 0.6 is 11.6 Å². The number of rotatable bonds is 4. The van der Waals surface area contributed by atoms with E-state index in [0.717, 1.165) is 11.1 Å². The number of likely N-dealkylation sites (N-methyl/N-ethyl adjacent to an activating group) is 1. The zero-order valence-corrected chi connectivity index (χ0v) is 10.5. The van der Waals surface area contributed by atoms with Crippen molar-refractivity contribution < 1.29 is 9.53 Å². The molecule has 0 aliphatic rings. The molecule has 1 aromatic carbocycles. The fourth-order valence-corrected chi connectivity index (χ4v) is 1.62. The highest BCUT2D eigenvalue weighted by molar-refractivity contribution is 6.31. The van der Waals surface area contributed by atoms with Crippen LogP contribution in [0.4, 0.5) is 0 Å². The molecule has 0 bridgehead atoms. The van der Waals surface area contributed by atoms with Gasteiger partial charge in [-0.15, -0.1) is 0 Å². The number of carbonyl (C=O) groups excluding carboxylic acids is 1. The van der Waals surface area contributed by atoms with Crippen LogP contribution in [0, 0.1) is 6.92 Å². The molecule has 4 heteroatoms. The predicted octanol–water partition coefficient (Wildman–Crippen LogP) is 2.47. The van der Waals surface area contributed by atoms with Gasteiger partial charge < -0.3 is 10.1 Å². The Labute approximate surface area is 101 Å². The van der Waals surface area contributed by atoms with E-state index in [9.17, 15) is 4.79 Å². The number of nitrogens with one attached hydrogen (secondary N) is 1. The average molecular weight is 242 g/mol. The normalized spacial score (nSPS) is 12.2. The van der Waals surface area contributed by atoms with E-state index in [1.165, 1.54) is 0 Å². The quantitative estimate of drug-likeness (QED) is 0.823. The lowest BCUT2D eigenvalue weighted by molar-refractivity contribution is -0.145. The van der Waals surface area contributed by atoms with E-state index in [1.807, 2.05) is 19.1 Å². The van der Waals surface area contributed by atoms with Crippen LogP contribution in [0.2, 0.25) is 5.02 Å². The van der Waals surface area contributed by atoms with E-state index < -0.39 is 6.04 Å². The largest absolute Gasteiger partial charge is 0.465 e. The Bertz CT molecular complexity index is 379. The second kappa shape index (κ2) is 5.87. The average Bonchev–Trinajstić information content (AvgIpc) is 2.25. The van der Waals surface area contributed by atoms with Crippen molar-refractivity contribution in [2.24, 2.45) is 0 Å². The lowest BCUT2D eigenvalue weighted by Crippen LogP contribution is -2.27. The highest BCUT2D eigenvalue weighted by Gasteiger charge is 2.20. The lowest BCUT2D eigenvalue weighted by Gasteiger charge is -2.15. The number of esters is 1. The standard InChI is InChI=1S/C12H16ClNO2/c1-4-16-12(15)11(14-3)9-6-5-8(2)10(13)7-9/h5-7,11,14H,4H2,1-3H3. The number of benzene rings is 1. The van der Waals surface area contributed by atoms with Crippen molar-refractivity contribution in [3.05, 3.63) is 34.3 Å². The van der Waals surface area contributed by atoms with Gasteiger partial charge in [0, 0.05) is 5.02 Å². The summed E-state index contributed by atoms with van der Waals surface area (Å²) in [5.41, 5.74) is 1.81. The lowest BCUT2D eigenvalue weighted by atomic mass is 10.1. The van der Waals surface area contributed by atoms with Crippen molar-refractivity contribution >= 4 is 17.6 Å².